The highest BCUT2D eigenvalue weighted by Gasteiger charge is 2.19. The van der Waals surface area contributed by atoms with E-state index in [-0.39, 0.29) is 30.2 Å². The summed E-state index contributed by atoms with van der Waals surface area (Å²) in [5.41, 5.74) is 0.790. The van der Waals surface area contributed by atoms with E-state index in [2.05, 4.69) is 5.32 Å². The largest absolute Gasteiger partial charge is 0.375 e. The molecule has 1 aliphatic heterocycles. The second-order valence-corrected chi connectivity index (χ2v) is 4.78. The predicted molar refractivity (Wildman–Crippen MR) is 77.3 cm³/mol. The lowest BCUT2D eigenvalue weighted by Gasteiger charge is -2.25. The molecule has 1 unspecified atom stereocenters. The Morgan fingerprint density at radius 2 is 2.35 bits per heavy atom. The third-order valence-electron chi connectivity index (χ3n) is 3.14. The third-order valence-corrected chi connectivity index (χ3v) is 3.14. The average Bonchev–Trinajstić information content (AvgIpc) is 2.40. The quantitative estimate of drug-likeness (QED) is 0.918. The lowest BCUT2D eigenvalue weighted by molar-refractivity contribution is -0.133. The number of nitrogens with one attached hydrogen (secondary N) is 1. The number of nitrogens with zero attached hydrogens (tertiary/aromatic N) is 1. The van der Waals surface area contributed by atoms with Crippen molar-refractivity contribution in [3.8, 4) is 0 Å². The molecule has 0 saturated carbocycles. The Bertz CT molecular complexity index is 439. The number of halogens is 2. The summed E-state index contributed by atoms with van der Waals surface area (Å²) >= 11 is 0. The highest BCUT2D eigenvalue weighted by molar-refractivity contribution is 5.85. The van der Waals surface area contributed by atoms with E-state index in [1.54, 1.807) is 18.0 Å². The average molecular weight is 303 g/mol. The number of hydrogen-bond acceptors (Lipinski definition) is 3. The van der Waals surface area contributed by atoms with E-state index < -0.39 is 0 Å². The van der Waals surface area contributed by atoms with Crippen LogP contribution in [0.2, 0.25) is 0 Å². The SMILES string of the molecule is CN(Cc1cccc(F)c1)C(=O)CC1CNCCO1.Cl. The maximum Gasteiger partial charge on any atom is 0.225 e. The van der Waals surface area contributed by atoms with Crippen LogP contribution in [0.15, 0.2) is 24.3 Å². The fraction of sp³-hybridized carbons (Fsp3) is 0.500. The molecule has 1 aromatic rings. The Morgan fingerprint density at radius 3 is 3.00 bits per heavy atom. The van der Waals surface area contributed by atoms with Crippen molar-refractivity contribution in [3.05, 3.63) is 35.6 Å². The summed E-state index contributed by atoms with van der Waals surface area (Å²) < 4.78 is 18.6. The molecule has 1 saturated heterocycles. The molecule has 1 fully saturated rings. The second kappa shape index (κ2) is 8.19. The summed E-state index contributed by atoms with van der Waals surface area (Å²) in [5.74, 6) is -0.267. The normalized spacial score (nSPS) is 18.2. The zero-order chi connectivity index (χ0) is 13.7. The number of rotatable bonds is 4. The molecule has 0 aliphatic carbocycles. The Labute approximate surface area is 124 Å². The molecule has 1 amide bonds. The summed E-state index contributed by atoms with van der Waals surface area (Å²) in [4.78, 5) is 13.6. The standard InChI is InChI=1S/C14H19FN2O2.ClH/c1-17(10-11-3-2-4-12(15)7-11)14(18)8-13-9-16-5-6-19-13;/h2-4,7,13,16H,5-6,8-10H2,1H3;1H. The Kier molecular flexibility index (Phi) is 6.91. The summed E-state index contributed by atoms with van der Waals surface area (Å²) in [6.07, 6.45) is 0.301. The van der Waals surface area contributed by atoms with E-state index in [1.165, 1.54) is 12.1 Å². The summed E-state index contributed by atoms with van der Waals surface area (Å²) in [5, 5.41) is 3.19. The predicted octanol–water partition coefficient (Wildman–Crippen LogP) is 1.58. The lowest BCUT2D eigenvalue weighted by Crippen LogP contribution is -2.41. The van der Waals surface area contributed by atoms with Crippen molar-refractivity contribution in [2.75, 3.05) is 26.7 Å². The van der Waals surface area contributed by atoms with Crippen LogP contribution < -0.4 is 5.32 Å². The molecule has 20 heavy (non-hydrogen) atoms. The van der Waals surface area contributed by atoms with Crippen LogP contribution in [0.4, 0.5) is 4.39 Å². The van der Waals surface area contributed by atoms with Crippen LogP contribution in [0.5, 0.6) is 0 Å². The first-order chi connectivity index (χ1) is 9.15. The molecule has 1 heterocycles. The highest BCUT2D eigenvalue weighted by atomic mass is 35.5. The van der Waals surface area contributed by atoms with Gasteiger partial charge in [-0.3, -0.25) is 4.79 Å². The van der Waals surface area contributed by atoms with E-state index in [1.807, 2.05) is 6.07 Å². The van der Waals surface area contributed by atoms with Gasteiger partial charge < -0.3 is 15.0 Å². The maximum atomic E-state index is 13.1. The van der Waals surface area contributed by atoms with Gasteiger partial charge in [0, 0.05) is 26.7 Å². The van der Waals surface area contributed by atoms with E-state index >= 15 is 0 Å². The van der Waals surface area contributed by atoms with Gasteiger partial charge in [-0.25, -0.2) is 4.39 Å². The van der Waals surface area contributed by atoms with Crippen molar-refractivity contribution in [1.29, 1.82) is 0 Å². The van der Waals surface area contributed by atoms with Gasteiger partial charge in [0.1, 0.15) is 5.82 Å². The van der Waals surface area contributed by atoms with Crippen LogP contribution in [-0.4, -0.2) is 43.7 Å². The molecular weight excluding hydrogens is 283 g/mol. The smallest absolute Gasteiger partial charge is 0.225 e. The van der Waals surface area contributed by atoms with Gasteiger partial charge in [-0.05, 0) is 17.7 Å². The fourth-order valence-corrected chi connectivity index (χ4v) is 2.10. The molecule has 2 rings (SSSR count). The molecule has 6 heteroatoms. The van der Waals surface area contributed by atoms with Crippen molar-refractivity contribution in [3.63, 3.8) is 0 Å². The molecule has 1 atom stereocenters. The summed E-state index contributed by atoms with van der Waals surface area (Å²) in [6, 6.07) is 6.30. The van der Waals surface area contributed by atoms with E-state index in [0.717, 1.165) is 12.1 Å². The number of morpholine rings is 1. The molecule has 0 spiro atoms. The number of benzene rings is 1. The molecule has 1 aliphatic rings. The minimum Gasteiger partial charge on any atom is -0.375 e. The lowest BCUT2D eigenvalue weighted by atomic mass is 10.1. The number of carbonyl (C=O) groups excluding carboxylic acids is 1. The number of carbonyl (C=O) groups is 1. The van der Waals surface area contributed by atoms with Gasteiger partial charge in [0.25, 0.3) is 0 Å². The Hall–Kier alpha value is -1.17. The van der Waals surface area contributed by atoms with Crippen molar-refractivity contribution in [1.82, 2.24) is 10.2 Å². The molecule has 112 valence electrons. The first-order valence-electron chi connectivity index (χ1n) is 6.46. The Morgan fingerprint density at radius 1 is 1.55 bits per heavy atom. The number of amides is 1. The van der Waals surface area contributed by atoms with Gasteiger partial charge in [-0.15, -0.1) is 12.4 Å². The minimum absolute atomic E-state index is 0. The second-order valence-electron chi connectivity index (χ2n) is 4.78. The summed E-state index contributed by atoms with van der Waals surface area (Å²) in [7, 11) is 1.73. The van der Waals surface area contributed by atoms with Crippen molar-refractivity contribution >= 4 is 18.3 Å². The zero-order valence-electron chi connectivity index (χ0n) is 11.5. The maximum absolute atomic E-state index is 13.1. The Balaban J connectivity index is 0.00000200. The fourth-order valence-electron chi connectivity index (χ4n) is 2.10. The van der Waals surface area contributed by atoms with Crippen molar-refractivity contribution in [2.45, 2.75) is 19.1 Å². The molecule has 1 aromatic carbocycles. The minimum atomic E-state index is -0.279. The van der Waals surface area contributed by atoms with Crippen LogP contribution in [0.3, 0.4) is 0 Å². The number of ether oxygens (including phenoxy) is 1. The van der Waals surface area contributed by atoms with Crippen LogP contribution >= 0.6 is 12.4 Å². The van der Waals surface area contributed by atoms with Crippen molar-refractivity contribution < 1.29 is 13.9 Å². The van der Waals surface area contributed by atoms with Crippen LogP contribution in [0, 0.1) is 5.82 Å². The van der Waals surface area contributed by atoms with Gasteiger partial charge >= 0.3 is 0 Å². The monoisotopic (exact) mass is 302 g/mol. The van der Waals surface area contributed by atoms with Gasteiger partial charge in [0.2, 0.25) is 5.91 Å². The van der Waals surface area contributed by atoms with Crippen LogP contribution in [0.25, 0.3) is 0 Å². The van der Waals surface area contributed by atoms with E-state index in [0.29, 0.717) is 26.1 Å². The zero-order valence-corrected chi connectivity index (χ0v) is 12.3. The molecule has 0 bridgehead atoms. The molecular formula is C14H20ClFN2O2. The molecule has 0 aromatic heterocycles. The van der Waals surface area contributed by atoms with Gasteiger partial charge in [-0.1, -0.05) is 12.1 Å². The van der Waals surface area contributed by atoms with Crippen molar-refractivity contribution in [2.24, 2.45) is 0 Å². The van der Waals surface area contributed by atoms with Crippen LogP contribution in [-0.2, 0) is 16.1 Å². The first-order valence-corrected chi connectivity index (χ1v) is 6.46. The van der Waals surface area contributed by atoms with E-state index in [4.69, 9.17) is 4.74 Å². The van der Waals surface area contributed by atoms with Gasteiger partial charge in [0.15, 0.2) is 0 Å². The highest BCUT2D eigenvalue weighted by Crippen LogP contribution is 2.09. The third kappa shape index (κ3) is 5.07. The van der Waals surface area contributed by atoms with Crippen LogP contribution in [0.1, 0.15) is 12.0 Å². The molecule has 0 radical (unpaired) electrons. The van der Waals surface area contributed by atoms with Gasteiger partial charge in [-0.2, -0.15) is 0 Å². The first kappa shape index (κ1) is 16.9. The number of hydrogen-bond donors (Lipinski definition) is 1. The summed E-state index contributed by atoms with van der Waals surface area (Å²) in [6.45, 7) is 2.60. The molecule has 4 nitrogen and oxygen atoms in total. The van der Waals surface area contributed by atoms with Gasteiger partial charge in [0.05, 0.1) is 19.1 Å². The molecule has 1 N–H and O–H groups in total. The van der Waals surface area contributed by atoms with E-state index in [9.17, 15) is 9.18 Å². The topological polar surface area (TPSA) is 41.6 Å².